The number of nitrogens with one attached hydrogen (secondary N) is 2. The summed E-state index contributed by atoms with van der Waals surface area (Å²) in [6, 6.07) is 20.9. The van der Waals surface area contributed by atoms with Crippen LogP contribution >= 0.6 is 0 Å². The molecule has 1 aliphatic heterocycles. The summed E-state index contributed by atoms with van der Waals surface area (Å²) in [5.41, 5.74) is 5.15. The van der Waals surface area contributed by atoms with Crippen LogP contribution in [0.3, 0.4) is 0 Å². The number of likely N-dealkylation sites (N-methyl/N-ethyl adjacent to an activating group) is 1. The van der Waals surface area contributed by atoms with E-state index in [0.717, 1.165) is 34.4 Å². The van der Waals surface area contributed by atoms with E-state index in [1.807, 2.05) is 87.7 Å². The number of carbonyl (C=O) groups is 2. The van der Waals surface area contributed by atoms with Crippen molar-refractivity contribution in [3.8, 4) is 16.9 Å². The van der Waals surface area contributed by atoms with Crippen molar-refractivity contribution in [1.29, 1.82) is 0 Å². The second-order valence-electron chi connectivity index (χ2n) is 17.5. The van der Waals surface area contributed by atoms with Crippen molar-refractivity contribution in [3.05, 3.63) is 83.4 Å². The van der Waals surface area contributed by atoms with Gasteiger partial charge in [-0.15, -0.1) is 0 Å². The first kappa shape index (κ1) is 41.6. The summed E-state index contributed by atoms with van der Waals surface area (Å²) in [7, 11) is 9.52. The van der Waals surface area contributed by atoms with Crippen molar-refractivity contribution in [3.63, 3.8) is 0 Å². The number of hydrogen-bond donors (Lipinski definition) is 4. The number of ether oxygens (including phenoxy) is 1. The molecule has 3 saturated carbocycles. The maximum Gasteiger partial charge on any atom is 0.251 e. The standard InChI is InChI=1S/C45H63N5O6/c1-27-37-22-33(45(37,3)4)23-38(27)47-44(54)41-40(28(2)52)39(26-51)56-50(41)24-30-16-13-17-36(42(30)55-9)31-19-32(21-35(20-31)49(7)8)43(53)46-34(25-48(5)6)18-29-14-11-10-12-15-29/h10-17,19-21,27-28,33-34,37-41,51-52H,18,22-26H2,1-9H3,(H,46,53)(H,47,54)/t27-,28-,33-,34+,37+,38-,39-,40+,41-/m0/s1. The van der Waals surface area contributed by atoms with E-state index in [-0.39, 0.29) is 42.5 Å². The molecule has 3 aromatic rings. The highest BCUT2D eigenvalue weighted by Crippen LogP contribution is 2.61. The normalized spacial score (nSPS) is 26.6. The van der Waals surface area contributed by atoms with E-state index < -0.39 is 24.2 Å². The summed E-state index contributed by atoms with van der Waals surface area (Å²) >= 11 is 0. The minimum Gasteiger partial charge on any atom is -0.496 e. The summed E-state index contributed by atoms with van der Waals surface area (Å²) in [6.45, 7) is 9.07. The van der Waals surface area contributed by atoms with Gasteiger partial charge in [0.15, 0.2) is 0 Å². The fraction of sp³-hybridized carbons (Fsp3) is 0.556. The van der Waals surface area contributed by atoms with Crippen LogP contribution < -0.4 is 20.3 Å². The summed E-state index contributed by atoms with van der Waals surface area (Å²) < 4.78 is 6.11. The predicted octanol–water partition coefficient (Wildman–Crippen LogP) is 4.99. The molecule has 0 radical (unpaired) electrons. The van der Waals surface area contributed by atoms with Gasteiger partial charge in [-0.25, -0.2) is 0 Å². The third-order valence-corrected chi connectivity index (χ3v) is 12.9. The van der Waals surface area contributed by atoms with Gasteiger partial charge in [-0.1, -0.05) is 69.3 Å². The molecule has 11 nitrogen and oxygen atoms in total. The number of aliphatic hydroxyl groups is 2. The number of para-hydroxylation sites is 1. The van der Waals surface area contributed by atoms with E-state index in [2.05, 4.69) is 48.4 Å². The van der Waals surface area contributed by atoms with Gasteiger partial charge >= 0.3 is 0 Å². The van der Waals surface area contributed by atoms with E-state index >= 15 is 0 Å². The smallest absolute Gasteiger partial charge is 0.251 e. The van der Waals surface area contributed by atoms with Gasteiger partial charge in [0.25, 0.3) is 5.91 Å². The van der Waals surface area contributed by atoms with Gasteiger partial charge < -0.3 is 35.4 Å². The highest BCUT2D eigenvalue weighted by molar-refractivity contribution is 5.97. The lowest BCUT2D eigenvalue weighted by molar-refractivity contribution is -0.183. The number of rotatable bonds is 15. The molecule has 304 valence electrons. The molecule has 2 amide bonds. The topological polar surface area (TPSA) is 127 Å². The molecule has 0 aromatic heterocycles. The van der Waals surface area contributed by atoms with Crippen molar-refractivity contribution in [1.82, 2.24) is 20.6 Å². The van der Waals surface area contributed by atoms with Crippen LogP contribution in [-0.4, -0.2) is 111 Å². The molecule has 9 atom stereocenters. The van der Waals surface area contributed by atoms with Crippen molar-refractivity contribution < 1.29 is 29.4 Å². The Bertz CT molecular complexity index is 1830. The molecule has 56 heavy (non-hydrogen) atoms. The molecule has 3 aromatic carbocycles. The van der Waals surface area contributed by atoms with Gasteiger partial charge in [-0.2, -0.15) is 5.06 Å². The van der Waals surface area contributed by atoms with Crippen LogP contribution in [0.15, 0.2) is 66.7 Å². The highest BCUT2D eigenvalue weighted by Gasteiger charge is 2.57. The van der Waals surface area contributed by atoms with Crippen molar-refractivity contribution >= 4 is 17.5 Å². The number of methoxy groups -OCH3 is 1. The van der Waals surface area contributed by atoms with Crippen molar-refractivity contribution in [2.24, 2.45) is 29.1 Å². The third kappa shape index (κ3) is 8.62. The molecule has 4 aliphatic rings. The van der Waals surface area contributed by atoms with Crippen molar-refractivity contribution in [2.75, 3.05) is 53.4 Å². The van der Waals surface area contributed by atoms with Gasteiger partial charge in [-0.05, 0) is 92.8 Å². The number of carbonyl (C=O) groups excluding carboxylic acids is 2. The van der Waals surface area contributed by atoms with Crippen LogP contribution in [0.2, 0.25) is 0 Å². The van der Waals surface area contributed by atoms with Crippen LogP contribution in [0, 0.1) is 29.1 Å². The second kappa shape index (κ2) is 17.2. The minimum atomic E-state index is -0.902. The molecule has 7 rings (SSSR count). The first-order chi connectivity index (χ1) is 26.6. The number of nitrogens with zero attached hydrogens (tertiary/aromatic N) is 3. The summed E-state index contributed by atoms with van der Waals surface area (Å²) in [5, 5.41) is 29.6. The number of fused-ring (bicyclic) bond motifs is 2. The zero-order chi connectivity index (χ0) is 40.5. The van der Waals surface area contributed by atoms with Crippen LogP contribution in [0.25, 0.3) is 11.1 Å². The Labute approximate surface area is 333 Å². The van der Waals surface area contributed by atoms with Crippen LogP contribution in [0.4, 0.5) is 5.69 Å². The van der Waals surface area contributed by atoms with Crippen LogP contribution in [0.5, 0.6) is 5.75 Å². The first-order valence-corrected chi connectivity index (χ1v) is 20.1. The van der Waals surface area contributed by atoms with E-state index in [0.29, 0.717) is 42.0 Å². The summed E-state index contributed by atoms with van der Waals surface area (Å²) in [6.07, 6.45) is 1.17. The second-order valence-corrected chi connectivity index (χ2v) is 17.5. The van der Waals surface area contributed by atoms with Gasteiger partial charge in [0, 0.05) is 61.0 Å². The first-order valence-electron chi connectivity index (χ1n) is 20.1. The molecule has 1 saturated heterocycles. The van der Waals surface area contributed by atoms with E-state index in [9.17, 15) is 19.8 Å². The van der Waals surface area contributed by atoms with Crippen LogP contribution in [-0.2, 0) is 22.6 Å². The number of aliphatic hydroxyl groups excluding tert-OH is 2. The van der Waals surface area contributed by atoms with E-state index in [4.69, 9.17) is 9.57 Å². The van der Waals surface area contributed by atoms with Crippen molar-refractivity contribution in [2.45, 2.75) is 83.8 Å². The van der Waals surface area contributed by atoms with Gasteiger partial charge in [0.05, 0.1) is 26.4 Å². The molecule has 4 N–H and O–H groups in total. The van der Waals surface area contributed by atoms with Gasteiger partial charge in [-0.3, -0.25) is 14.4 Å². The molecule has 0 unspecified atom stereocenters. The number of anilines is 1. The fourth-order valence-corrected chi connectivity index (χ4v) is 9.76. The molecule has 2 bridgehead atoms. The van der Waals surface area contributed by atoms with E-state index in [1.54, 1.807) is 19.1 Å². The molecule has 3 aliphatic carbocycles. The fourth-order valence-electron chi connectivity index (χ4n) is 9.76. The monoisotopic (exact) mass is 769 g/mol. The third-order valence-electron chi connectivity index (χ3n) is 12.9. The lowest BCUT2D eigenvalue weighted by atomic mass is 9.45. The molecule has 0 spiro atoms. The Kier molecular flexibility index (Phi) is 12.8. The Hall–Kier alpha value is -4.00. The zero-order valence-corrected chi connectivity index (χ0v) is 34.7. The molecular formula is C45H63N5O6. The molecular weight excluding hydrogens is 707 g/mol. The molecule has 1 heterocycles. The van der Waals surface area contributed by atoms with Gasteiger partial charge in [0.2, 0.25) is 5.91 Å². The zero-order valence-electron chi connectivity index (χ0n) is 34.7. The average molecular weight is 770 g/mol. The SMILES string of the molecule is COc1c(CN2O[C@@H](CO)[C@@H]([C@H](C)O)[C@H]2C(=O)N[C@H]2C[C@@H]3C[C@H]([C@@H]2C)C3(C)C)cccc1-c1cc(C(=O)N[C@H](Cc2ccccc2)CN(C)C)cc(N(C)C)c1. The predicted molar refractivity (Wildman–Crippen MR) is 220 cm³/mol. The van der Waals surface area contributed by atoms with E-state index in [1.165, 1.54) is 6.42 Å². The Balaban J connectivity index is 1.28. The minimum absolute atomic E-state index is 0.0358. The highest BCUT2D eigenvalue weighted by atomic mass is 16.7. The lowest BCUT2D eigenvalue weighted by Gasteiger charge is -2.62. The number of hydrogen-bond acceptors (Lipinski definition) is 9. The number of amides is 2. The van der Waals surface area contributed by atoms with Gasteiger partial charge in [0.1, 0.15) is 17.9 Å². The largest absolute Gasteiger partial charge is 0.496 e. The van der Waals surface area contributed by atoms with Crippen LogP contribution in [0.1, 0.15) is 62.0 Å². The summed E-state index contributed by atoms with van der Waals surface area (Å²) in [5.74, 6) is 1.02. The number of benzene rings is 3. The Morgan fingerprint density at radius 2 is 1.77 bits per heavy atom. The quantitative estimate of drug-likeness (QED) is 0.169. The Morgan fingerprint density at radius 3 is 2.38 bits per heavy atom. The lowest BCUT2D eigenvalue weighted by Crippen LogP contribution is -2.62. The maximum atomic E-state index is 14.3. The maximum absolute atomic E-state index is 14.3. The molecule has 4 fully saturated rings. The molecule has 11 heteroatoms. The number of hydroxylamine groups is 2. The Morgan fingerprint density at radius 1 is 1.04 bits per heavy atom. The summed E-state index contributed by atoms with van der Waals surface area (Å²) in [4.78, 5) is 38.7. The average Bonchev–Trinajstić information content (AvgIpc) is 3.53.